The third-order valence-corrected chi connectivity index (χ3v) is 5.25. The first kappa shape index (κ1) is 20.8. The number of nitrogens with zero attached hydrogens (tertiary/aromatic N) is 1. The van der Waals surface area contributed by atoms with E-state index in [0.29, 0.717) is 11.7 Å². The molecule has 0 saturated heterocycles. The van der Waals surface area contributed by atoms with E-state index in [2.05, 4.69) is 49.3 Å². The summed E-state index contributed by atoms with van der Waals surface area (Å²) >= 11 is 1.42. The lowest BCUT2D eigenvalue weighted by atomic mass is 10.0. The van der Waals surface area contributed by atoms with Crippen molar-refractivity contribution in [1.29, 1.82) is 0 Å². The van der Waals surface area contributed by atoms with Crippen LogP contribution in [0.4, 0.5) is 5.13 Å². The molecule has 0 saturated carbocycles. The topological polar surface area (TPSA) is 51.2 Å². The van der Waals surface area contributed by atoms with Crippen molar-refractivity contribution in [2.45, 2.75) is 33.6 Å². The molecule has 0 radical (unpaired) electrons. The smallest absolute Gasteiger partial charge is 0.250 e. The fraction of sp³-hybridized carbons (Fsp3) is 0.250. The van der Waals surface area contributed by atoms with Crippen molar-refractivity contribution in [3.8, 4) is 17.0 Å². The number of aryl methyl sites for hydroxylation is 2. The molecule has 3 aromatic rings. The van der Waals surface area contributed by atoms with Crippen LogP contribution in [0.25, 0.3) is 17.3 Å². The zero-order valence-corrected chi connectivity index (χ0v) is 17.9. The number of amides is 1. The molecule has 0 aliphatic carbocycles. The molecule has 3 rings (SSSR count). The number of hydrogen-bond acceptors (Lipinski definition) is 4. The summed E-state index contributed by atoms with van der Waals surface area (Å²) in [7, 11) is 0. The second kappa shape index (κ2) is 10.0. The Morgan fingerprint density at radius 2 is 2.03 bits per heavy atom. The van der Waals surface area contributed by atoms with Gasteiger partial charge in [0, 0.05) is 22.6 Å². The molecule has 4 nitrogen and oxygen atoms in total. The van der Waals surface area contributed by atoms with Gasteiger partial charge in [-0.15, -0.1) is 11.3 Å². The van der Waals surface area contributed by atoms with E-state index in [4.69, 9.17) is 4.74 Å². The molecule has 1 aromatic heterocycles. The van der Waals surface area contributed by atoms with Crippen molar-refractivity contribution in [2.24, 2.45) is 0 Å². The van der Waals surface area contributed by atoms with Crippen LogP contribution in [-0.2, 0) is 4.79 Å². The van der Waals surface area contributed by atoms with Gasteiger partial charge in [-0.05, 0) is 44.0 Å². The maximum absolute atomic E-state index is 12.4. The van der Waals surface area contributed by atoms with E-state index in [9.17, 15) is 4.79 Å². The quantitative estimate of drug-likeness (QED) is 0.355. The van der Waals surface area contributed by atoms with Crippen LogP contribution < -0.4 is 10.1 Å². The Hall–Kier alpha value is -2.92. The minimum Gasteiger partial charge on any atom is -0.493 e. The van der Waals surface area contributed by atoms with E-state index >= 15 is 0 Å². The largest absolute Gasteiger partial charge is 0.493 e. The molecular weight excluding hydrogens is 380 g/mol. The number of benzene rings is 2. The Balaban J connectivity index is 1.66. The van der Waals surface area contributed by atoms with Crippen LogP contribution in [0.1, 0.15) is 36.5 Å². The highest BCUT2D eigenvalue weighted by Crippen LogP contribution is 2.28. The lowest BCUT2D eigenvalue weighted by Crippen LogP contribution is -2.07. The fourth-order valence-electron chi connectivity index (χ4n) is 2.86. The Morgan fingerprint density at radius 3 is 2.86 bits per heavy atom. The summed E-state index contributed by atoms with van der Waals surface area (Å²) < 4.78 is 5.81. The molecule has 0 aliphatic rings. The van der Waals surface area contributed by atoms with Gasteiger partial charge in [0.2, 0.25) is 5.91 Å². The number of carbonyl (C=O) groups is 1. The van der Waals surface area contributed by atoms with Gasteiger partial charge in [0.1, 0.15) is 5.75 Å². The lowest BCUT2D eigenvalue weighted by Gasteiger charge is -2.08. The second-order valence-corrected chi connectivity index (χ2v) is 7.78. The van der Waals surface area contributed by atoms with Crippen molar-refractivity contribution in [2.75, 3.05) is 11.9 Å². The summed E-state index contributed by atoms with van der Waals surface area (Å²) in [5.41, 5.74) is 5.21. The zero-order valence-electron chi connectivity index (χ0n) is 17.1. The summed E-state index contributed by atoms with van der Waals surface area (Å²) in [6, 6.07) is 14.0. The highest BCUT2D eigenvalue weighted by atomic mass is 32.1. The minimum absolute atomic E-state index is 0.213. The molecule has 0 bridgehead atoms. The standard InChI is InChI=1S/C24H26N2O2S/c1-4-5-14-28-22-9-7-6-8-19(22)12-13-23(27)26-24-25-21(16-29-24)20-15-17(2)10-11-18(20)3/h6-13,15-16H,4-5,14H2,1-3H3,(H,25,26,27)/b13-12+. The number of hydrogen-bond donors (Lipinski definition) is 1. The van der Waals surface area contributed by atoms with Crippen LogP contribution in [0, 0.1) is 13.8 Å². The first-order valence-electron chi connectivity index (χ1n) is 9.81. The Kier molecular flexibility index (Phi) is 7.19. The number of carbonyl (C=O) groups excluding carboxylic acids is 1. The molecule has 1 N–H and O–H groups in total. The summed E-state index contributed by atoms with van der Waals surface area (Å²) in [4.78, 5) is 16.9. The van der Waals surface area contributed by atoms with Gasteiger partial charge in [0.15, 0.2) is 5.13 Å². The zero-order chi connectivity index (χ0) is 20.6. The number of para-hydroxylation sites is 1. The summed E-state index contributed by atoms with van der Waals surface area (Å²) in [6.45, 7) is 6.93. The van der Waals surface area contributed by atoms with Gasteiger partial charge in [-0.1, -0.05) is 49.2 Å². The monoisotopic (exact) mass is 406 g/mol. The molecule has 1 heterocycles. The van der Waals surface area contributed by atoms with Crippen molar-refractivity contribution in [3.63, 3.8) is 0 Å². The van der Waals surface area contributed by atoms with Gasteiger partial charge in [0.25, 0.3) is 0 Å². The van der Waals surface area contributed by atoms with Gasteiger partial charge in [0.05, 0.1) is 12.3 Å². The molecule has 0 fully saturated rings. The molecule has 0 aliphatic heterocycles. The number of anilines is 1. The summed E-state index contributed by atoms with van der Waals surface area (Å²) in [5, 5.41) is 5.41. The third kappa shape index (κ3) is 5.78. The molecule has 0 spiro atoms. The Bertz CT molecular complexity index is 1010. The fourth-order valence-corrected chi connectivity index (χ4v) is 3.57. The van der Waals surface area contributed by atoms with Crippen molar-refractivity contribution >= 4 is 28.5 Å². The molecule has 150 valence electrons. The highest BCUT2D eigenvalue weighted by molar-refractivity contribution is 7.14. The van der Waals surface area contributed by atoms with Crippen LogP contribution in [-0.4, -0.2) is 17.5 Å². The van der Waals surface area contributed by atoms with E-state index in [1.54, 1.807) is 6.08 Å². The number of aromatic nitrogens is 1. The van der Waals surface area contributed by atoms with Gasteiger partial charge in [-0.2, -0.15) is 0 Å². The number of unbranched alkanes of at least 4 members (excludes halogenated alkanes) is 1. The molecule has 0 unspecified atom stereocenters. The molecule has 1 amide bonds. The van der Waals surface area contributed by atoms with Crippen molar-refractivity contribution < 1.29 is 9.53 Å². The summed E-state index contributed by atoms with van der Waals surface area (Å²) in [5.74, 6) is 0.576. The van der Waals surface area contributed by atoms with E-state index in [-0.39, 0.29) is 5.91 Å². The number of ether oxygens (including phenoxy) is 1. The molecule has 0 atom stereocenters. The van der Waals surface area contributed by atoms with Crippen LogP contribution in [0.3, 0.4) is 0 Å². The number of thiazole rings is 1. The predicted octanol–water partition coefficient (Wildman–Crippen LogP) is 6.26. The minimum atomic E-state index is -0.213. The van der Waals surface area contributed by atoms with Crippen molar-refractivity contribution in [1.82, 2.24) is 4.98 Å². The van der Waals surface area contributed by atoms with Crippen LogP contribution in [0.2, 0.25) is 0 Å². The lowest BCUT2D eigenvalue weighted by molar-refractivity contribution is -0.111. The van der Waals surface area contributed by atoms with Crippen LogP contribution in [0.5, 0.6) is 5.75 Å². The predicted molar refractivity (Wildman–Crippen MR) is 122 cm³/mol. The van der Waals surface area contributed by atoms with E-state index < -0.39 is 0 Å². The normalized spacial score (nSPS) is 11.0. The first-order valence-corrected chi connectivity index (χ1v) is 10.7. The first-order chi connectivity index (χ1) is 14.1. The number of nitrogens with one attached hydrogen (secondary N) is 1. The molecule has 29 heavy (non-hydrogen) atoms. The van der Waals surface area contributed by atoms with Gasteiger partial charge in [-0.3, -0.25) is 10.1 Å². The molecular formula is C24H26N2O2S. The summed E-state index contributed by atoms with van der Waals surface area (Å²) in [6.07, 6.45) is 5.38. The van der Waals surface area contributed by atoms with Crippen LogP contribution in [0.15, 0.2) is 53.9 Å². The van der Waals surface area contributed by atoms with Crippen molar-refractivity contribution in [3.05, 3.63) is 70.6 Å². The number of rotatable bonds is 8. The van der Waals surface area contributed by atoms with Gasteiger partial charge in [-0.25, -0.2) is 4.98 Å². The van der Waals surface area contributed by atoms with E-state index in [0.717, 1.165) is 35.4 Å². The highest BCUT2D eigenvalue weighted by Gasteiger charge is 2.09. The Morgan fingerprint density at radius 1 is 1.21 bits per heavy atom. The van der Waals surface area contributed by atoms with E-state index in [1.165, 1.54) is 28.5 Å². The van der Waals surface area contributed by atoms with E-state index in [1.807, 2.05) is 29.6 Å². The average molecular weight is 407 g/mol. The van der Waals surface area contributed by atoms with Gasteiger partial charge < -0.3 is 4.74 Å². The van der Waals surface area contributed by atoms with Gasteiger partial charge >= 0.3 is 0 Å². The average Bonchev–Trinajstić information content (AvgIpc) is 3.17. The maximum Gasteiger partial charge on any atom is 0.250 e. The molecule has 5 heteroatoms. The molecule has 2 aromatic carbocycles. The Labute approximate surface area is 176 Å². The maximum atomic E-state index is 12.4. The second-order valence-electron chi connectivity index (χ2n) is 6.92. The SMILES string of the molecule is CCCCOc1ccccc1/C=C/C(=O)Nc1nc(-c2cc(C)ccc2C)cs1. The third-order valence-electron chi connectivity index (χ3n) is 4.49. The van der Waals surface area contributed by atoms with Crippen LogP contribution >= 0.6 is 11.3 Å².